The van der Waals surface area contributed by atoms with Gasteiger partial charge in [0.2, 0.25) is 10.0 Å². The number of rotatable bonds is 6. The van der Waals surface area contributed by atoms with Gasteiger partial charge in [0.1, 0.15) is 19.6 Å². The average Bonchev–Trinajstić information content (AvgIpc) is 2.79. The molecule has 1 aliphatic rings. The lowest BCUT2D eigenvalue weighted by molar-refractivity contribution is -0.143. The molecule has 1 unspecified atom stereocenters. The maximum absolute atomic E-state index is 12.7. The minimum Gasteiger partial charge on any atom is -0.468 e. The Hall–Kier alpha value is 0.140. The molecule has 1 fully saturated rings. The quantitative estimate of drug-likeness (QED) is 0.606. The van der Waals surface area contributed by atoms with Crippen LogP contribution in [-0.4, -0.2) is 27.5 Å². The molecule has 1 saturated carbocycles. The lowest BCUT2D eigenvalue weighted by Gasteiger charge is -2.25. The van der Waals surface area contributed by atoms with Crippen LogP contribution < -0.4 is 4.72 Å². The van der Waals surface area contributed by atoms with E-state index in [2.05, 4.69) is 20.7 Å². The minimum absolute atomic E-state index is 0.0423. The molecule has 1 aromatic heterocycles. The largest absolute Gasteiger partial charge is 0.468 e. The van der Waals surface area contributed by atoms with Crippen molar-refractivity contribution in [2.75, 3.05) is 7.11 Å². The highest BCUT2D eigenvalue weighted by atomic mass is 79.9. The summed E-state index contributed by atoms with van der Waals surface area (Å²) >= 11 is 16.0. The van der Waals surface area contributed by atoms with Crippen molar-refractivity contribution in [3.63, 3.8) is 0 Å². The molecule has 136 valence electrons. The Bertz CT molecular complexity index is 702. The molecule has 0 spiro atoms. The Labute approximate surface area is 164 Å². The number of hydrogen-bond donors (Lipinski definition) is 1. The fraction of sp³-hybridized carbons (Fsp3) is 0.643. The number of esters is 1. The van der Waals surface area contributed by atoms with Gasteiger partial charge in [0.05, 0.1) is 11.6 Å². The molecule has 24 heavy (non-hydrogen) atoms. The third kappa shape index (κ3) is 4.86. The molecule has 0 aliphatic heterocycles. The summed E-state index contributed by atoms with van der Waals surface area (Å²) in [5.41, 5.74) is 0. The summed E-state index contributed by atoms with van der Waals surface area (Å²) in [5, 5.41) is 0. The van der Waals surface area contributed by atoms with Gasteiger partial charge in [0.15, 0.2) is 0 Å². The highest BCUT2D eigenvalue weighted by Gasteiger charge is 2.33. The van der Waals surface area contributed by atoms with Crippen molar-refractivity contribution >= 4 is 66.5 Å². The number of halogens is 3. The van der Waals surface area contributed by atoms with E-state index in [9.17, 15) is 13.2 Å². The van der Waals surface area contributed by atoms with E-state index in [4.69, 9.17) is 27.9 Å². The van der Waals surface area contributed by atoms with E-state index in [0.29, 0.717) is 12.3 Å². The molecule has 1 aliphatic carbocycles. The number of thiophene rings is 1. The highest BCUT2D eigenvalue weighted by molar-refractivity contribution is 9.10. The van der Waals surface area contributed by atoms with Crippen LogP contribution in [-0.2, 0) is 19.6 Å². The lowest BCUT2D eigenvalue weighted by atomic mass is 9.85. The van der Waals surface area contributed by atoms with E-state index in [1.54, 1.807) is 0 Å². The Balaban J connectivity index is 2.22. The first-order valence-corrected chi connectivity index (χ1v) is 11.3. The summed E-state index contributed by atoms with van der Waals surface area (Å²) in [6, 6.07) is -0.940. The SMILES string of the molecule is COC(=O)C(CC1CCCCC1)NS(=O)(=O)c1c(Cl)sc(Cl)c1Br. The summed E-state index contributed by atoms with van der Waals surface area (Å²) in [6.07, 6.45) is 5.78. The Morgan fingerprint density at radius 2 is 1.96 bits per heavy atom. The van der Waals surface area contributed by atoms with Crippen LogP contribution in [0.2, 0.25) is 8.67 Å². The third-order valence-electron chi connectivity index (χ3n) is 4.08. The van der Waals surface area contributed by atoms with Crippen molar-refractivity contribution in [3.05, 3.63) is 13.1 Å². The minimum atomic E-state index is -4.01. The Morgan fingerprint density at radius 1 is 1.33 bits per heavy atom. The van der Waals surface area contributed by atoms with E-state index < -0.39 is 22.0 Å². The predicted molar refractivity (Wildman–Crippen MR) is 99.4 cm³/mol. The number of carbonyl (C=O) groups is 1. The first-order valence-electron chi connectivity index (χ1n) is 7.49. The molecule has 0 aromatic carbocycles. The van der Waals surface area contributed by atoms with E-state index >= 15 is 0 Å². The predicted octanol–water partition coefficient (Wildman–Crippen LogP) is 4.61. The first kappa shape index (κ1) is 20.5. The Morgan fingerprint density at radius 3 is 2.46 bits per heavy atom. The van der Waals surface area contributed by atoms with Crippen LogP contribution in [0.5, 0.6) is 0 Å². The van der Waals surface area contributed by atoms with Crippen molar-refractivity contribution in [3.8, 4) is 0 Å². The van der Waals surface area contributed by atoms with Gasteiger partial charge in [-0.15, -0.1) is 11.3 Å². The van der Waals surface area contributed by atoms with Gasteiger partial charge in [0, 0.05) is 0 Å². The highest BCUT2D eigenvalue weighted by Crippen LogP contribution is 2.43. The summed E-state index contributed by atoms with van der Waals surface area (Å²) in [4.78, 5) is 11.9. The van der Waals surface area contributed by atoms with E-state index in [0.717, 1.165) is 37.0 Å². The fourth-order valence-electron chi connectivity index (χ4n) is 2.91. The molecule has 10 heteroatoms. The number of hydrogen-bond acceptors (Lipinski definition) is 5. The molecule has 0 saturated heterocycles. The average molecular weight is 479 g/mol. The number of methoxy groups -OCH3 is 1. The molecule has 1 heterocycles. The standard InChI is InChI=1S/C14H18BrCl2NO4S2/c1-22-14(19)9(7-8-5-3-2-4-6-8)18-24(20,21)11-10(15)12(16)23-13(11)17/h8-9,18H,2-7H2,1H3. The van der Waals surface area contributed by atoms with Crippen LogP contribution in [0.25, 0.3) is 0 Å². The van der Waals surface area contributed by atoms with Crippen molar-refractivity contribution < 1.29 is 17.9 Å². The zero-order chi connectivity index (χ0) is 17.9. The molecule has 0 radical (unpaired) electrons. The zero-order valence-corrected chi connectivity index (χ0v) is 17.7. The van der Waals surface area contributed by atoms with Gasteiger partial charge in [0.25, 0.3) is 0 Å². The van der Waals surface area contributed by atoms with Crippen molar-refractivity contribution in [2.45, 2.75) is 49.5 Å². The van der Waals surface area contributed by atoms with Crippen LogP contribution >= 0.6 is 50.5 Å². The van der Waals surface area contributed by atoms with E-state index in [1.807, 2.05) is 0 Å². The molecule has 1 atom stereocenters. The van der Waals surface area contributed by atoms with Gasteiger partial charge in [-0.05, 0) is 28.3 Å². The van der Waals surface area contributed by atoms with Gasteiger partial charge in [-0.25, -0.2) is 8.42 Å². The number of nitrogens with one attached hydrogen (secondary N) is 1. The monoisotopic (exact) mass is 477 g/mol. The molecule has 1 aromatic rings. The van der Waals surface area contributed by atoms with Gasteiger partial charge in [-0.1, -0.05) is 55.3 Å². The van der Waals surface area contributed by atoms with Crippen LogP contribution in [0, 0.1) is 5.92 Å². The zero-order valence-electron chi connectivity index (χ0n) is 13.0. The first-order chi connectivity index (χ1) is 11.3. The van der Waals surface area contributed by atoms with Gasteiger partial charge in [-0.3, -0.25) is 4.79 Å². The molecule has 1 N–H and O–H groups in total. The summed E-state index contributed by atoms with van der Waals surface area (Å²) in [5.74, 6) is -0.298. The van der Waals surface area contributed by atoms with E-state index in [1.165, 1.54) is 13.5 Å². The third-order valence-corrected chi connectivity index (χ3v) is 9.01. The molecule has 0 bridgehead atoms. The molecule has 2 rings (SSSR count). The second kappa shape index (κ2) is 8.68. The maximum Gasteiger partial charge on any atom is 0.323 e. The molecular formula is C14H18BrCl2NO4S2. The second-order valence-corrected chi connectivity index (χ2v) is 10.4. The molecular weight excluding hydrogens is 461 g/mol. The Kier molecular flexibility index (Phi) is 7.40. The van der Waals surface area contributed by atoms with Crippen LogP contribution in [0.3, 0.4) is 0 Å². The smallest absolute Gasteiger partial charge is 0.323 e. The fourth-order valence-corrected chi connectivity index (χ4v) is 7.66. The molecule has 5 nitrogen and oxygen atoms in total. The van der Waals surface area contributed by atoms with Crippen molar-refractivity contribution in [1.82, 2.24) is 4.72 Å². The number of sulfonamides is 1. The molecule has 0 amide bonds. The summed E-state index contributed by atoms with van der Waals surface area (Å²) < 4.78 is 33.0. The van der Waals surface area contributed by atoms with Crippen LogP contribution in [0.15, 0.2) is 9.37 Å². The van der Waals surface area contributed by atoms with Gasteiger partial charge >= 0.3 is 5.97 Å². The van der Waals surface area contributed by atoms with Crippen molar-refractivity contribution in [1.29, 1.82) is 0 Å². The van der Waals surface area contributed by atoms with Gasteiger partial charge in [-0.2, -0.15) is 4.72 Å². The van der Waals surface area contributed by atoms with Crippen molar-refractivity contribution in [2.24, 2.45) is 5.92 Å². The topological polar surface area (TPSA) is 72.5 Å². The maximum atomic E-state index is 12.7. The summed E-state index contributed by atoms with van der Waals surface area (Å²) in [6.45, 7) is 0. The lowest BCUT2D eigenvalue weighted by Crippen LogP contribution is -2.43. The van der Waals surface area contributed by atoms with Crippen LogP contribution in [0.4, 0.5) is 0 Å². The second-order valence-electron chi connectivity index (χ2n) is 5.73. The number of ether oxygens (including phenoxy) is 1. The van der Waals surface area contributed by atoms with E-state index in [-0.39, 0.29) is 18.0 Å². The normalized spacial score (nSPS) is 17.7. The summed E-state index contributed by atoms with van der Waals surface area (Å²) in [7, 11) is -2.76. The van der Waals surface area contributed by atoms with Crippen LogP contribution in [0.1, 0.15) is 38.5 Å². The van der Waals surface area contributed by atoms with Gasteiger partial charge < -0.3 is 4.74 Å². The number of carbonyl (C=O) groups excluding carboxylic acids is 1.